The van der Waals surface area contributed by atoms with Crippen molar-refractivity contribution in [1.82, 2.24) is 0 Å². The zero-order chi connectivity index (χ0) is 14.4. The number of hydrogen-bond donors (Lipinski definition) is 2. The van der Waals surface area contributed by atoms with E-state index in [0.29, 0.717) is 0 Å². The molecule has 0 aromatic heterocycles. The Morgan fingerprint density at radius 3 is 2.35 bits per heavy atom. The van der Waals surface area contributed by atoms with Gasteiger partial charge in [0.15, 0.2) is 0 Å². The average molecular weight is 270 g/mol. The molecule has 2 N–H and O–H groups in total. The van der Waals surface area contributed by atoms with Gasteiger partial charge >= 0.3 is 5.97 Å². The largest absolute Gasteiger partial charge is 0.497 e. The summed E-state index contributed by atoms with van der Waals surface area (Å²) >= 11 is 0. The fourth-order valence-electron chi connectivity index (χ4n) is 1.56. The molecule has 0 heterocycles. The lowest BCUT2D eigenvalue weighted by molar-refractivity contribution is 0.0697. The summed E-state index contributed by atoms with van der Waals surface area (Å²) < 4.78 is 5.07. The molecule has 0 saturated carbocycles. The lowest BCUT2D eigenvalue weighted by Gasteiger charge is -2.01. The van der Waals surface area contributed by atoms with Crippen molar-refractivity contribution < 1.29 is 14.6 Å². The highest BCUT2D eigenvalue weighted by Gasteiger charge is 2.00. The molecule has 0 amide bonds. The highest BCUT2D eigenvalue weighted by atomic mass is 16.5. The lowest BCUT2D eigenvalue weighted by Crippen LogP contribution is -1.96. The summed E-state index contributed by atoms with van der Waals surface area (Å²) in [7, 11) is 1.62. The van der Waals surface area contributed by atoms with Crippen LogP contribution >= 0.6 is 0 Å². The number of nitrogens with zero attached hydrogens (tertiary/aromatic N) is 1. The molecule has 102 valence electrons. The topological polar surface area (TPSA) is 70.9 Å². The van der Waals surface area contributed by atoms with Gasteiger partial charge in [0.1, 0.15) is 5.75 Å². The first-order chi connectivity index (χ1) is 9.69. The van der Waals surface area contributed by atoms with Crippen molar-refractivity contribution in [3.05, 3.63) is 59.7 Å². The van der Waals surface area contributed by atoms with E-state index in [9.17, 15) is 4.79 Å². The van der Waals surface area contributed by atoms with Crippen molar-refractivity contribution in [2.75, 3.05) is 12.5 Å². The number of rotatable bonds is 5. The minimum atomic E-state index is -0.946. The van der Waals surface area contributed by atoms with Crippen LogP contribution < -0.4 is 10.2 Å². The van der Waals surface area contributed by atoms with Crippen LogP contribution in [0, 0.1) is 0 Å². The van der Waals surface area contributed by atoms with Crippen LogP contribution in [0.25, 0.3) is 0 Å². The molecule has 0 atom stereocenters. The zero-order valence-electron chi connectivity index (χ0n) is 10.9. The standard InChI is InChI=1S/C15H14N2O3/c1-20-14-8-2-11(3-9-14)10-16-17-13-6-4-12(5-7-13)15(18)19/h2-10,17H,1H3,(H,18,19)/b16-10-. The quantitative estimate of drug-likeness (QED) is 0.647. The predicted molar refractivity (Wildman–Crippen MR) is 77.6 cm³/mol. The fraction of sp³-hybridized carbons (Fsp3) is 0.0667. The molecule has 2 aromatic carbocycles. The Morgan fingerprint density at radius 1 is 1.15 bits per heavy atom. The first-order valence-electron chi connectivity index (χ1n) is 5.95. The number of ether oxygens (including phenoxy) is 1. The molecule has 0 spiro atoms. The monoisotopic (exact) mass is 270 g/mol. The van der Waals surface area contributed by atoms with E-state index in [4.69, 9.17) is 9.84 Å². The number of benzene rings is 2. The average Bonchev–Trinajstić information content (AvgIpc) is 2.48. The van der Waals surface area contributed by atoms with Crippen LogP contribution in [-0.2, 0) is 0 Å². The van der Waals surface area contributed by atoms with E-state index >= 15 is 0 Å². The van der Waals surface area contributed by atoms with Crippen LogP contribution in [0.15, 0.2) is 53.6 Å². The Labute approximate surface area is 116 Å². The van der Waals surface area contributed by atoms with Crippen molar-refractivity contribution in [2.45, 2.75) is 0 Å². The van der Waals surface area contributed by atoms with E-state index in [1.165, 1.54) is 12.1 Å². The Balaban J connectivity index is 1.96. The molecule has 0 saturated heterocycles. The lowest BCUT2D eigenvalue weighted by atomic mass is 10.2. The van der Waals surface area contributed by atoms with Crippen molar-refractivity contribution in [1.29, 1.82) is 0 Å². The summed E-state index contributed by atoms with van der Waals surface area (Å²) in [5, 5.41) is 12.9. The summed E-state index contributed by atoms with van der Waals surface area (Å²) in [6, 6.07) is 13.8. The van der Waals surface area contributed by atoms with Crippen LogP contribution in [0.2, 0.25) is 0 Å². The van der Waals surface area contributed by atoms with Crippen LogP contribution in [0.5, 0.6) is 5.75 Å². The van der Waals surface area contributed by atoms with Gasteiger partial charge in [-0.3, -0.25) is 5.43 Å². The zero-order valence-corrected chi connectivity index (χ0v) is 10.9. The first-order valence-corrected chi connectivity index (χ1v) is 5.95. The van der Waals surface area contributed by atoms with E-state index in [0.717, 1.165) is 17.0 Å². The number of aromatic carboxylic acids is 1. The van der Waals surface area contributed by atoms with Gasteiger partial charge in [0, 0.05) is 0 Å². The molecule has 0 unspecified atom stereocenters. The number of nitrogens with one attached hydrogen (secondary N) is 1. The minimum absolute atomic E-state index is 0.245. The Hall–Kier alpha value is -2.82. The van der Waals surface area contributed by atoms with Crippen LogP contribution in [0.1, 0.15) is 15.9 Å². The third-order valence-electron chi connectivity index (χ3n) is 2.65. The Morgan fingerprint density at radius 2 is 1.80 bits per heavy atom. The molecule has 0 aliphatic heterocycles. The molecule has 0 bridgehead atoms. The molecule has 20 heavy (non-hydrogen) atoms. The van der Waals surface area contributed by atoms with E-state index in [1.54, 1.807) is 25.5 Å². The van der Waals surface area contributed by atoms with Gasteiger partial charge in [-0.25, -0.2) is 4.79 Å². The highest BCUT2D eigenvalue weighted by molar-refractivity contribution is 5.88. The second-order valence-electron chi connectivity index (χ2n) is 4.03. The number of hydrazone groups is 1. The SMILES string of the molecule is COc1ccc(/C=N\Nc2ccc(C(=O)O)cc2)cc1. The summed E-state index contributed by atoms with van der Waals surface area (Å²) in [5.74, 6) is -0.155. The van der Waals surface area contributed by atoms with Gasteiger partial charge in [-0.15, -0.1) is 0 Å². The number of hydrogen-bond acceptors (Lipinski definition) is 4. The third-order valence-corrected chi connectivity index (χ3v) is 2.65. The maximum Gasteiger partial charge on any atom is 0.335 e. The fourth-order valence-corrected chi connectivity index (χ4v) is 1.56. The molecule has 0 radical (unpaired) electrons. The molecule has 5 heteroatoms. The van der Waals surface area contributed by atoms with Gasteiger partial charge < -0.3 is 9.84 Å². The second-order valence-corrected chi connectivity index (χ2v) is 4.03. The first kappa shape index (κ1) is 13.6. The molecular weight excluding hydrogens is 256 g/mol. The van der Waals surface area contributed by atoms with Crippen LogP contribution in [0.4, 0.5) is 5.69 Å². The van der Waals surface area contributed by atoms with E-state index in [1.807, 2.05) is 24.3 Å². The number of carboxylic acids is 1. The van der Waals surface area contributed by atoms with Crippen LogP contribution in [0.3, 0.4) is 0 Å². The van der Waals surface area contributed by atoms with Gasteiger partial charge in [0.05, 0.1) is 24.6 Å². The smallest absolute Gasteiger partial charge is 0.335 e. The minimum Gasteiger partial charge on any atom is -0.497 e. The van der Waals surface area contributed by atoms with Crippen molar-refractivity contribution in [2.24, 2.45) is 5.10 Å². The van der Waals surface area contributed by atoms with Gasteiger partial charge in [-0.2, -0.15) is 5.10 Å². The molecule has 0 aliphatic carbocycles. The van der Waals surface area contributed by atoms with E-state index in [-0.39, 0.29) is 5.56 Å². The highest BCUT2D eigenvalue weighted by Crippen LogP contribution is 2.11. The Bertz CT molecular complexity index is 604. The number of methoxy groups -OCH3 is 1. The molecule has 2 aromatic rings. The number of anilines is 1. The molecular formula is C15H14N2O3. The number of carbonyl (C=O) groups is 1. The predicted octanol–water partition coefficient (Wildman–Crippen LogP) is 2.84. The third kappa shape index (κ3) is 3.58. The van der Waals surface area contributed by atoms with Gasteiger partial charge in [-0.1, -0.05) is 0 Å². The molecule has 0 aliphatic rings. The van der Waals surface area contributed by atoms with Gasteiger partial charge in [0.25, 0.3) is 0 Å². The van der Waals surface area contributed by atoms with Gasteiger partial charge in [0.2, 0.25) is 0 Å². The number of carboxylic acid groups (broad SMARTS) is 1. The summed E-state index contributed by atoms with van der Waals surface area (Å²) in [4.78, 5) is 10.7. The van der Waals surface area contributed by atoms with E-state index < -0.39 is 5.97 Å². The van der Waals surface area contributed by atoms with E-state index in [2.05, 4.69) is 10.5 Å². The summed E-state index contributed by atoms with van der Waals surface area (Å²) in [6.45, 7) is 0. The maximum atomic E-state index is 10.7. The Kier molecular flexibility index (Phi) is 4.34. The summed E-state index contributed by atoms with van der Waals surface area (Å²) in [5.41, 5.74) is 4.73. The van der Waals surface area contributed by atoms with Gasteiger partial charge in [-0.05, 0) is 54.1 Å². The second kappa shape index (κ2) is 6.38. The maximum absolute atomic E-state index is 10.7. The molecule has 2 rings (SSSR count). The van der Waals surface area contributed by atoms with Crippen LogP contribution in [-0.4, -0.2) is 24.4 Å². The molecule has 0 fully saturated rings. The molecule has 5 nitrogen and oxygen atoms in total. The normalized spacial score (nSPS) is 10.4. The van der Waals surface area contributed by atoms with Crippen molar-refractivity contribution in [3.8, 4) is 5.75 Å². The summed E-state index contributed by atoms with van der Waals surface area (Å²) in [6.07, 6.45) is 1.67. The van der Waals surface area contributed by atoms with Crippen molar-refractivity contribution >= 4 is 17.9 Å². The van der Waals surface area contributed by atoms with Crippen molar-refractivity contribution in [3.63, 3.8) is 0 Å².